The first-order chi connectivity index (χ1) is 11.1. The molecule has 0 spiro atoms. The van der Waals surface area contributed by atoms with Gasteiger partial charge in [-0.25, -0.2) is 0 Å². The van der Waals surface area contributed by atoms with Gasteiger partial charge in [0.15, 0.2) is 0 Å². The van der Waals surface area contributed by atoms with Gasteiger partial charge in [0.05, 0.1) is 23.9 Å². The van der Waals surface area contributed by atoms with Crippen molar-refractivity contribution in [2.24, 2.45) is 5.92 Å². The Bertz CT molecular complexity index is 648. The van der Waals surface area contributed by atoms with E-state index in [0.29, 0.717) is 24.5 Å². The molecule has 1 aliphatic heterocycles. The number of amides is 1. The minimum absolute atomic E-state index is 0.0481. The van der Waals surface area contributed by atoms with Crippen LogP contribution in [0.4, 0.5) is 0 Å². The van der Waals surface area contributed by atoms with Gasteiger partial charge in [-0.1, -0.05) is 11.2 Å². The number of carbonyl (C=O) groups is 1. The third kappa shape index (κ3) is 3.76. The van der Waals surface area contributed by atoms with Crippen LogP contribution >= 0.6 is 0 Å². The number of piperidine rings is 1. The number of hydrogen-bond donors (Lipinski definition) is 1. The molecular formula is C17H21N3O3. The van der Waals surface area contributed by atoms with Crippen LogP contribution in [0.15, 0.2) is 35.0 Å². The molecule has 0 aromatic carbocycles. The molecule has 3 heterocycles. The van der Waals surface area contributed by atoms with E-state index in [9.17, 15) is 9.90 Å². The number of pyridine rings is 1. The van der Waals surface area contributed by atoms with Gasteiger partial charge in [-0.3, -0.25) is 9.78 Å². The van der Waals surface area contributed by atoms with Crippen molar-refractivity contribution in [2.75, 3.05) is 13.1 Å². The molecule has 1 aliphatic rings. The summed E-state index contributed by atoms with van der Waals surface area (Å²) >= 11 is 0. The zero-order valence-corrected chi connectivity index (χ0v) is 13.2. The van der Waals surface area contributed by atoms with Crippen LogP contribution in [0.25, 0.3) is 0 Å². The van der Waals surface area contributed by atoms with Crippen LogP contribution in [0.1, 0.15) is 36.1 Å². The minimum Gasteiger partial charge on any atom is -0.387 e. The van der Waals surface area contributed by atoms with Crippen molar-refractivity contribution in [1.29, 1.82) is 0 Å². The number of aromatic nitrogens is 2. The summed E-state index contributed by atoms with van der Waals surface area (Å²) in [5.74, 6) is 0.788. The lowest BCUT2D eigenvalue weighted by molar-refractivity contribution is -0.132. The lowest BCUT2D eigenvalue weighted by Gasteiger charge is -2.34. The van der Waals surface area contributed by atoms with Gasteiger partial charge >= 0.3 is 0 Å². The average molecular weight is 315 g/mol. The van der Waals surface area contributed by atoms with Crippen LogP contribution in [0, 0.1) is 12.8 Å². The molecular weight excluding hydrogens is 294 g/mol. The highest BCUT2D eigenvalue weighted by atomic mass is 16.5. The zero-order valence-electron chi connectivity index (χ0n) is 13.2. The first kappa shape index (κ1) is 15.7. The average Bonchev–Trinajstić information content (AvgIpc) is 3.00. The second-order valence-corrected chi connectivity index (χ2v) is 6.03. The fraction of sp³-hybridized carbons (Fsp3) is 0.471. The van der Waals surface area contributed by atoms with Crippen molar-refractivity contribution in [3.8, 4) is 0 Å². The largest absolute Gasteiger partial charge is 0.387 e. The Kier molecular flexibility index (Phi) is 4.71. The Labute approximate surface area is 135 Å². The van der Waals surface area contributed by atoms with Crippen LogP contribution in [0.3, 0.4) is 0 Å². The number of likely N-dealkylation sites (tertiary alicyclic amines) is 1. The van der Waals surface area contributed by atoms with Gasteiger partial charge in [0.2, 0.25) is 5.91 Å². The van der Waals surface area contributed by atoms with Crippen molar-refractivity contribution in [3.63, 3.8) is 0 Å². The van der Waals surface area contributed by atoms with E-state index in [0.717, 1.165) is 18.5 Å². The minimum atomic E-state index is -0.564. The highest BCUT2D eigenvalue weighted by Gasteiger charge is 2.29. The summed E-state index contributed by atoms with van der Waals surface area (Å²) in [6.07, 6.45) is 2.92. The molecule has 23 heavy (non-hydrogen) atoms. The second-order valence-electron chi connectivity index (χ2n) is 6.03. The predicted octanol–water partition coefficient (Wildman–Crippen LogP) is 1.89. The van der Waals surface area contributed by atoms with Crippen LogP contribution in [-0.2, 0) is 11.2 Å². The molecule has 1 amide bonds. The smallest absolute Gasteiger partial charge is 0.230 e. The topological polar surface area (TPSA) is 79.5 Å². The number of aliphatic hydroxyl groups is 1. The van der Waals surface area contributed by atoms with Gasteiger partial charge in [-0.05, 0) is 37.8 Å². The van der Waals surface area contributed by atoms with E-state index < -0.39 is 6.10 Å². The van der Waals surface area contributed by atoms with Gasteiger partial charge < -0.3 is 14.5 Å². The Balaban J connectivity index is 1.53. The van der Waals surface area contributed by atoms with Crippen molar-refractivity contribution in [2.45, 2.75) is 32.3 Å². The first-order valence-electron chi connectivity index (χ1n) is 7.92. The Morgan fingerprint density at radius 1 is 1.43 bits per heavy atom. The van der Waals surface area contributed by atoms with Crippen molar-refractivity contribution in [1.82, 2.24) is 15.0 Å². The second kappa shape index (κ2) is 6.91. The number of nitrogens with zero attached hydrogens (tertiary/aromatic N) is 3. The normalized spacial score (nSPS) is 17.2. The monoisotopic (exact) mass is 315 g/mol. The van der Waals surface area contributed by atoms with Gasteiger partial charge in [-0.2, -0.15) is 0 Å². The molecule has 2 aromatic heterocycles. The molecule has 0 aliphatic carbocycles. The summed E-state index contributed by atoms with van der Waals surface area (Å²) in [5, 5.41) is 14.2. The van der Waals surface area contributed by atoms with Crippen LogP contribution < -0.4 is 0 Å². The molecule has 0 bridgehead atoms. The number of rotatable bonds is 4. The maximum absolute atomic E-state index is 12.3. The van der Waals surface area contributed by atoms with Crippen molar-refractivity contribution in [3.05, 3.63) is 47.6 Å². The molecule has 6 nitrogen and oxygen atoms in total. The SMILES string of the molecule is Cc1cc(CC(=O)N2CCC([C@@H](O)c3ccccn3)CC2)on1. The number of aryl methyl sites for hydroxylation is 1. The Morgan fingerprint density at radius 2 is 2.22 bits per heavy atom. The molecule has 1 N–H and O–H groups in total. The Morgan fingerprint density at radius 3 is 2.83 bits per heavy atom. The fourth-order valence-corrected chi connectivity index (χ4v) is 3.02. The highest BCUT2D eigenvalue weighted by Crippen LogP contribution is 2.29. The van der Waals surface area contributed by atoms with Crippen LogP contribution in [-0.4, -0.2) is 39.1 Å². The summed E-state index contributed by atoms with van der Waals surface area (Å²) in [5.41, 5.74) is 1.49. The summed E-state index contributed by atoms with van der Waals surface area (Å²) in [7, 11) is 0. The fourth-order valence-electron chi connectivity index (χ4n) is 3.02. The molecule has 0 saturated carbocycles. The molecule has 2 aromatic rings. The molecule has 3 rings (SSSR count). The maximum atomic E-state index is 12.3. The van der Waals surface area contributed by atoms with E-state index in [1.54, 1.807) is 12.3 Å². The summed E-state index contributed by atoms with van der Waals surface area (Å²) in [4.78, 5) is 18.3. The van der Waals surface area contributed by atoms with E-state index in [2.05, 4.69) is 10.1 Å². The third-order valence-electron chi connectivity index (χ3n) is 4.33. The molecule has 0 radical (unpaired) electrons. The highest BCUT2D eigenvalue weighted by molar-refractivity contribution is 5.78. The van der Waals surface area contributed by atoms with Gasteiger partial charge in [-0.15, -0.1) is 0 Å². The van der Waals surface area contributed by atoms with Gasteiger partial charge in [0.25, 0.3) is 0 Å². The molecule has 0 unspecified atom stereocenters. The molecule has 1 atom stereocenters. The molecule has 1 fully saturated rings. The van der Waals surface area contributed by atoms with Crippen molar-refractivity contribution < 1.29 is 14.4 Å². The summed E-state index contributed by atoms with van der Waals surface area (Å²) < 4.78 is 5.10. The maximum Gasteiger partial charge on any atom is 0.230 e. The number of carbonyl (C=O) groups excluding carboxylic acids is 1. The van der Waals surface area contributed by atoms with E-state index in [1.165, 1.54) is 0 Å². The van der Waals surface area contributed by atoms with E-state index >= 15 is 0 Å². The number of aliphatic hydroxyl groups excluding tert-OH is 1. The lowest BCUT2D eigenvalue weighted by atomic mass is 9.89. The molecule has 1 saturated heterocycles. The summed E-state index contributed by atoms with van der Waals surface area (Å²) in [6, 6.07) is 7.34. The van der Waals surface area contributed by atoms with E-state index in [-0.39, 0.29) is 18.2 Å². The van der Waals surface area contributed by atoms with Crippen LogP contribution in [0.5, 0.6) is 0 Å². The quantitative estimate of drug-likeness (QED) is 0.932. The predicted molar refractivity (Wildman–Crippen MR) is 83.4 cm³/mol. The zero-order chi connectivity index (χ0) is 16.2. The standard InChI is InChI=1S/C17H21N3O3/c1-12-10-14(23-19-12)11-16(21)20-8-5-13(6-9-20)17(22)15-4-2-3-7-18-15/h2-4,7,10,13,17,22H,5-6,8-9,11H2,1H3/t17-/m1/s1. The van der Waals surface area contributed by atoms with Gasteiger partial charge in [0.1, 0.15) is 5.76 Å². The molecule has 122 valence electrons. The van der Waals surface area contributed by atoms with E-state index in [4.69, 9.17) is 4.52 Å². The lowest BCUT2D eigenvalue weighted by Crippen LogP contribution is -2.40. The van der Waals surface area contributed by atoms with Crippen LogP contribution in [0.2, 0.25) is 0 Å². The molecule has 6 heteroatoms. The third-order valence-corrected chi connectivity index (χ3v) is 4.33. The van der Waals surface area contributed by atoms with Crippen molar-refractivity contribution >= 4 is 5.91 Å². The Hall–Kier alpha value is -2.21. The number of hydrogen-bond acceptors (Lipinski definition) is 5. The summed E-state index contributed by atoms with van der Waals surface area (Å²) in [6.45, 7) is 3.14. The first-order valence-corrected chi connectivity index (χ1v) is 7.92. The van der Waals surface area contributed by atoms with E-state index in [1.807, 2.05) is 30.0 Å². The van der Waals surface area contributed by atoms with Gasteiger partial charge in [0, 0.05) is 25.4 Å².